The Morgan fingerprint density at radius 1 is 1.45 bits per heavy atom. The molecule has 2 heterocycles. The van der Waals surface area contributed by atoms with Gasteiger partial charge >= 0.3 is 5.97 Å². The van der Waals surface area contributed by atoms with Crippen LogP contribution in [0.3, 0.4) is 0 Å². The molecular formula is C14H19BrN2O3. The maximum atomic E-state index is 12.3. The number of hydrogen-bond acceptors (Lipinski definition) is 2. The molecule has 20 heavy (non-hydrogen) atoms. The zero-order chi connectivity index (χ0) is 14.8. The molecule has 2 N–H and O–H groups in total. The summed E-state index contributed by atoms with van der Waals surface area (Å²) < 4.78 is 0.837. The number of carbonyl (C=O) groups is 2. The van der Waals surface area contributed by atoms with Crippen LogP contribution in [0, 0.1) is 5.41 Å². The zero-order valence-corrected chi connectivity index (χ0v) is 13.1. The highest BCUT2D eigenvalue weighted by atomic mass is 79.9. The second kappa shape index (κ2) is 5.99. The number of H-pyrrole nitrogens is 1. The van der Waals surface area contributed by atoms with Crippen LogP contribution < -0.4 is 0 Å². The Labute approximate surface area is 126 Å². The number of nitrogens with one attached hydrogen (secondary N) is 1. The minimum absolute atomic E-state index is 0.0637. The van der Waals surface area contributed by atoms with E-state index in [1.54, 1.807) is 17.2 Å². The summed E-state index contributed by atoms with van der Waals surface area (Å²) in [5, 5.41) is 9.45. The van der Waals surface area contributed by atoms with Gasteiger partial charge < -0.3 is 15.0 Å². The Morgan fingerprint density at radius 2 is 2.10 bits per heavy atom. The monoisotopic (exact) mass is 342 g/mol. The minimum atomic E-state index is -0.728. The molecule has 0 aromatic carbocycles. The van der Waals surface area contributed by atoms with E-state index in [9.17, 15) is 14.7 Å². The van der Waals surface area contributed by atoms with Crippen molar-refractivity contribution in [2.24, 2.45) is 5.41 Å². The number of amides is 1. The highest BCUT2D eigenvalue weighted by Crippen LogP contribution is 2.36. The first-order valence-electron chi connectivity index (χ1n) is 6.85. The van der Waals surface area contributed by atoms with Gasteiger partial charge in [0.15, 0.2) is 0 Å². The van der Waals surface area contributed by atoms with Gasteiger partial charge in [-0.25, -0.2) is 0 Å². The molecule has 1 aliphatic heterocycles. The molecule has 5 nitrogen and oxygen atoms in total. The molecule has 0 atom stereocenters. The van der Waals surface area contributed by atoms with E-state index in [4.69, 9.17) is 0 Å². The fraction of sp³-hybridized carbons (Fsp3) is 0.571. The van der Waals surface area contributed by atoms with Gasteiger partial charge in [0, 0.05) is 23.8 Å². The molecule has 1 aliphatic rings. The summed E-state index contributed by atoms with van der Waals surface area (Å²) >= 11 is 3.30. The lowest BCUT2D eigenvalue weighted by Crippen LogP contribution is -2.46. The number of aromatic amines is 1. The standard InChI is InChI=1S/C14H19BrN2O3/c1-2-3-14(13(19)20)4-6-17(7-5-14)12(18)11-8-10(15)9-16-11/h8-9,16H,2-7H2,1H3,(H,19,20). The van der Waals surface area contributed by atoms with Crippen molar-refractivity contribution in [3.05, 3.63) is 22.4 Å². The minimum Gasteiger partial charge on any atom is -0.481 e. The number of carboxylic acids is 1. The van der Waals surface area contributed by atoms with Gasteiger partial charge in [0.25, 0.3) is 5.91 Å². The predicted molar refractivity (Wildman–Crippen MR) is 78.6 cm³/mol. The summed E-state index contributed by atoms with van der Waals surface area (Å²) in [6.45, 7) is 3.00. The smallest absolute Gasteiger partial charge is 0.309 e. The van der Waals surface area contributed by atoms with Gasteiger partial charge in [0.2, 0.25) is 0 Å². The zero-order valence-electron chi connectivity index (χ0n) is 11.5. The number of likely N-dealkylation sites (tertiary alicyclic amines) is 1. The first-order chi connectivity index (χ1) is 9.48. The number of carboxylic acid groups (broad SMARTS) is 1. The van der Waals surface area contributed by atoms with Crippen LogP contribution in [0.2, 0.25) is 0 Å². The van der Waals surface area contributed by atoms with Gasteiger partial charge in [-0.2, -0.15) is 0 Å². The van der Waals surface area contributed by atoms with E-state index in [-0.39, 0.29) is 5.91 Å². The molecular weight excluding hydrogens is 324 g/mol. The van der Waals surface area contributed by atoms with Crippen molar-refractivity contribution in [1.82, 2.24) is 9.88 Å². The largest absolute Gasteiger partial charge is 0.481 e. The molecule has 1 aromatic heterocycles. The van der Waals surface area contributed by atoms with Crippen molar-refractivity contribution < 1.29 is 14.7 Å². The Bertz CT molecular complexity index is 504. The van der Waals surface area contributed by atoms with Gasteiger partial charge in [-0.3, -0.25) is 9.59 Å². The van der Waals surface area contributed by atoms with Gasteiger partial charge in [-0.15, -0.1) is 0 Å². The Hall–Kier alpha value is -1.30. The van der Waals surface area contributed by atoms with E-state index in [1.165, 1.54) is 0 Å². The number of hydrogen-bond donors (Lipinski definition) is 2. The van der Waals surface area contributed by atoms with Crippen LogP contribution in [0.25, 0.3) is 0 Å². The van der Waals surface area contributed by atoms with E-state index < -0.39 is 11.4 Å². The van der Waals surface area contributed by atoms with Crippen LogP contribution >= 0.6 is 15.9 Å². The fourth-order valence-corrected chi connectivity index (χ4v) is 3.19. The lowest BCUT2D eigenvalue weighted by molar-refractivity contribution is -0.152. The average Bonchev–Trinajstić information content (AvgIpc) is 2.85. The number of rotatable bonds is 4. The predicted octanol–water partition coefficient (Wildman–Crippen LogP) is 2.88. The third-order valence-corrected chi connectivity index (χ3v) is 4.53. The van der Waals surface area contributed by atoms with Gasteiger partial charge in [0.1, 0.15) is 5.69 Å². The van der Waals surface area contributed by atoms with Crippen LogP contribution in [-0.2, 0) is 4.79 Å². The van der Waals surface area contributed by atoms with E-state index in [2.05, 4.69) is 20.9 Å². The molecule has 6 heteroatoms. The van der Waals surface area contributed by atoms with Crippen molar-refractivity contribution in [2.75, 3.05) is 13.1 Å². The van der Waals surface area contributed by atoms with E-state index in [0.717, 1.165) is 10.9 Å². The summed E-state index contributed by atoms with van der Waals surface area (Å²) in [7, 11) is 0. The molecule has 1 fully saturated rings. The molecule has 2 rings (SSSR count). The molecule has 0 saturated carbocycles. The number of aromatic nitrogens is 1. The van der Waals surface area contributed by atoms with Crippen molar-refractivity contribution in [1.29, 1.82) is 0 Å². The van der Waals surface area contributed by atoms with Crippen molar-refractivity contribution in [3.63, 3.8) is 0 Å². The summed E-state index contributed by atoms with van der Waals surface area (Å²) in [5.41, 5.74) is -0.114. The molecule has 0 unspecified atom stereocenters. The molecule has 0 aliphatic carbocycles. The lowest BCUT2D eigenvalue weighted by Gasteiger charge is -2.38. The molecule has 0 radical (unpaired) electrons. The van der Waals surface area contributed by atoms with Crippen molar-refractivity contribution in [2.45, 2.75) is 32.6 Å². The number of halogens is 1. The normalized spacial score (nSPS) is 18.0. The summed E-state index contributed by atoms with van der Waals surface area (Å²) in [6, 6.07) is 1.74. The maximum absolute atomic E-state index is 12.3. The van der Waals surface area contributed by atoms with Crippen molar-refractivity contribution in [3.8, 4) is 0 Å². The molecule has 1 aromatic rings. The van der Waals surface area contributed by atoms with Crippen LogP contribution in [0.4, 0.5) is 0 Å². The van der Waals surface area contributed by atoms with Crippen LogP contribution in [0.15, 0.2) is 16.7 Å². The topological polar surface area (TPSA) is 73.4 Å². The number of carbonyl (C=O) groups excluding carboxylic acids is 1. The first-order valence-corrected chi connectivity index (χ1v) is 7.64. The highest BCUT2D eigenvalue weighted by Gasteiger charge is 2.41. The molecule has 1 saturated heterocycles. The average molecular weight is 343 g/mol. The number of piperidine rings is 1. The third kappa shape index (κ3) is 2.90. The quantitative estimate of drug-likeness (QED) is 0.883. The Balaban J connectivity index is 2.03. The van der Waals surface area contributed by atoms with Crippen molar-refractivity contribution >= 4 is 27.8 Å². The van der Waals surface area contributed by atoms with Crippen LogP contribution in [-0.4, -0.2) is 40.0 Å². The highest BCUT2D eigenvalue weighted by molar-refractivity contribution is 9.10. The van der Waals surface area contributed by atoms with E-state index >= 15 is 0 Å². The summed E-state index contributed by atoms with van der Waals surface area (Å²) in [4.78, 5) is 28.4. The lowest BCUT2D eigenvalue weighted by atomic mass is 9.75. The fourth-order valence-electron chi connectivity index (χ4n) is 2.85. The third-order valence-electron chi connectivity index (χ3n) is 4.07. The van der Waals surface area contributed by atoms with E-state index in [0.29, 0.717) is 38.0 Å². The van der Waals surface area contributed by atoms with Gasteiger partial charge in [-0.05, 0) is 41.3 Å². The molecule has 0 bridgehead atoms. The first kappa shape index (κ1) is 15.1. The Morgan fingerprint density at radius 3 is 2.55 bits per heavy atom. The molecule has 0 spiro atoms. The second-order valence-corrected chi connectivity index (χ2v) is 6.27. The summed E-state index contributed by atoms with van der Waals surface area (Å²) in [6.07, 6.45) is 4.31. The Kier molecular flexibility index (Phi) is 4.52. The van der Waals surface area contributed by atoms with Gasteiger partial charge in [-0.1, -0.05) is 13.3 Å². The number of aliphatic carboxylic acids is 1. The second-order valence-electron chi connectivity index (χ2n) is 5.36. The van der Waals surface area contributed by atoms with Crippen LogP contribution in [0.5, 0.6) is 0 Å². The maximum Gasteiger partial charge on any atom is 0.309 e. The van der Waals surface area contributed by atoms with Crippen LogP contribution in [0.1, 0.15) is 43.1 Å². The molecule has 1 amide bonds. The molecule has 110 valence electrons. The van der Waals surface area contributed by atoms with E-state index in [1.807, 2.05) is 6.92 Å². The number of nitrogens with zero attached hydrogens (tertiary/aromatic N) is 1. The SMILES string of the molecule is CCCC1(C(=O)O)CCN(C(=O)c2cc(Br)c[nH]2)CC1. The summed E-state index contributed by atoms with van der Waals surface area (Å²) in [5.74, 6) is -0.791. The van der Waals surface area contributed by atoms with Gasteiger partial charge in [0.05, 0.1) is 5.41 Å².